The van der Waals surface area contributed by atoms with Crippen molar-refractivity contribution in [2.45, 2.75) is 49.1 Å². The summed E-state index contributed by atoms with van der Waals surface area (Å²) in [5, 5.41) is 22.1. The van der Waals surface area contributed by atoms with Gasteiger partial charge in [0.1, 0.15) is 48.5 Å². The van der Waals surface area contributed by atoms with Gasteiger partial charge in [-0.25, -0.2) is 19.7 Å². The molecule has 3 fully saturated rings. The average Bonchev–Trinajstić information content (AvgIpc) is 3.57. The lowest BCUT2D eigenvalue weighted by atomic mass is 10.1. The number of nitrogen functional groups attached to an aromatic ring is 1. The van der Waals surface area contributed by atoms with Crippen LogP contribution in [0.5, 0.6) is 0 Å². The van der Waals surface area contributed by atoms with Crippen LogP contribution in [0.2, 0.25) is 0 Å². The van der Waals surface area contributed by atoms with E-state index in [9.17, 15) is 29.3 Å². The standard InChI is InChI=1S/C19H23N7O12P2S2/c20-15-10-16(22-5-21-15)26(6-23-10)18-14-12(29)8(36-18)4-34-39(31,41)37-13-11(28)7(3-33-40(32,42)38-14)35-17(13)25-2-1-9(27)24-19(25)30/h1-2,5-8,11-14,17-18,28-29H,3-4H2,(H,31,41)(H,32,42)(H2,20,21,22)(H,24,27,30)/p-1/t7-,8-,11-,12-,13-,14-,17-,18-,39?,40?/m1/s1. The highest BCUT2D eigenvalue weighted by atomic mass is 32.7. The Balaban J connectivity index is 1.34. The molecule has 228 valence electrons. The van der Waals surface area contributed by atoms with Crippen LogP contribution in [-0.4, -0.2) is 94.0 Å². The molecule has 42 heavy (non-hydrogen) atoms. The number of ether oxygens (including phenoxy) is 2. The predicted octanol–water partition coefficient (Wildman–Crippen LogP) is -1.84. The Morgan fingerprint density at radius 1 is 1.02 bits per heavy atom. The van der Waals surface area contributed by atoms with E-state index in [0.717, 1.165) is 16.8 Å². The summed E-state index contributed by atoms with van der Waals surface area (Å²) in [6, 6.07) is 1.02. The van der Waals surface area contributed by atoms with Crippen molar-refractivity contribution in [2.75, 3.05) is 18.9 Å². The largest absolute Gasteiger partial charge is 0.660 e. The lowest BCUT2D eigenvalue weighted by Crippen LogP contribution is -2.39. The van der Waals surface area contributed by atoms with Crippen LogP contribution in [0.3, 0.4) is 0 Å². The van der Waals surface area contributed by atoms with E-state index in [1.165, 1.54) is 17.2 Å². The second kappa shape index (κ2) is 11.1. The molecule has 0 aromatic carbocycles. The minimum Gasteiger partial charge on any atom is -0.660 e. The molecule has 10 atom stereocenters. The predicted molar refractivity (Wildman–Crippen MR) is 144 cm³/mol. The van der Waals surface area contributed by atoms with Gasteiger partial charge in [-0.3, -0.25) is 28.0 Å². The third-order valence-electron chi connectivity index (χ3n) is 6.72. The van der Waals surface area contributed by atoms with E-state index in [1.54, 1.807) is 0 Å². The van der Waals surface area contributed by atoms with Crippen molar-refractivity contribution in [3.8, 4) is 0 Å². The molecule has 2 unspecified atom stereocenters. The third kappa shape index (κ3) is 5.61. The lowest BCUT2D eigenvalue weighted by Gasteiger charge is -2.32. The molecule has 0 amide bonds. The summed E-state index contributed by atoms with van der Waals surface area (Å²) in [6.07, 6.45) is -7.92. The number of aliphatic hydroxyl groups excluding tert-OH is 2. The fraction of sp³-hybridized carbons (Fsp3) is 0.526. The second-order valence-electron chi connectivity index (χ2n) is 9.36. The first-order valence-corrected chi connectivity index (χ1v) is 17.2. The SMILES string of the molecule is Nc1ncnc2c1ncn2[C@@H]1O[C@@H]2COP(=O)([S-])O[C@@H]3[C@H](O)[C@@H](COP(O)(=S)O[C@@H]1[C@@H]2O)O[C@H]3n1ccc(=O)[nH]c1=O. The number of nitrogens with one attached hydrogen (secondary N) is 1. The number of aromatic amines is 1. The summed E-state index contributed by atoms with van der Waals surface area (Å²) in [6.45, 7) is -9.91. The van der Waals surface area contributed by atoms with Crippen LogP contribution in [-0.2, 0) is 56.2 Å². The smallest absolute Gasteiger partial charge is 0.330 e. The van der Waals surface area contributed by atoms with E-state index in [2.05, 4.69) is 15.0 Å². The maximum absolute atomic E-state index is 13.2. The van der Waals surface area contributed by atoms with Gasteiger partial charge in [-0.2, -0.15) is 0 Å². The number of rotatable bonds is 2. The van der Waals surface area contributed by atoms with Crippen molar-refractivity contribution in [2.24, 2.45) is 0 Å². The summed E-state index contributed by atoms with van der Waals surface area (Å²) in [7, 11) is 0. The van der Waals surface area contributed by atoms with Crippen LogP contribution in [0, 0.1) is 0 Å². The molecule has 3 aliphatic rings. The first-order chi connectivity index (χ1) is 19.8. The zero-order chi connectivity index (χ0) is 30.0. The molecule has 19 nitrogen and oxygen atoms in total. The minimum atomic E-state index is -4.47. The Hall–Kier alpha value is -2.10. The molecule has 3 aromatic heterocycles. The van der Waals surface area contributed by atoms with Crippen molar-refractivity contribution in [3.05, 3.63) is 45.8 Å². The number of H-pyrrole nitrogens is 1. The summed E-state index contributed by atoms with van der Waals surface area (Å²) >= 11 is 10.2. The van der Waals surface area contributed by atoms with Gasteiger partial charge in [-0.05, 0) is 11.8 Å². The van der Waals surface area contributed by atoms with Crippen LogP contribution in [0.1, 0.15) is 12.5 Å². The number of imidazole rings is 1. The number of nitrogens with zero attached hydrogens (tertiary/aromatic N) is 5. The van der Waals surface area contributed by atoms with Gasteiger partial charge in [0.2, 0.25) is 6.80 Å². The minimum absolute atomic E-state index is 0.0730. The Morgan fingerprint density at radius 2 is 1.67 bits per heavy atom. The average molecular weight is 667 g/mol. The van der Waals surface area contributed by atoms with Gasteiger partial charge in [0.15, 0.2) is 23.9 Å². The van der Waals surface area contributed by atoms with Crippen molar-refractivity contribution < 1.29 is 47.2 Å². The molecular formula is C19H22N7O12P2S2-. The summed E-state index contributed by atoms with van der Waals surface area (Å²) in [4.78, 5) is 49.1. The molecule has 3 aliphatic heterocycles. The van der Waals surface area contributed by atoms with Gasteiger partial charge in [0.05, 0.1) is 19.5 Å². The number of hydrogen-bond donors (Lipinski definition) is 5. The Bertz CT molecular complexity index is 1720. The quantitative estimate of drug-likeness (QED) is 0.149. The molecular weight excluding hydrogens is 644 g/mol. The Morgan fingerprint density at radius 3 is 2.36 bits per heavy atom. The number of fused-ring (bicyclic) bond motifs is 5. The van der Waals surface area contributed by atoms with E-state index < -0.39 is 87.1 Å². The van der Waals surface area contributed by atoms with Crippen LogP contribution in [0.25, 0.3) is 11.2 Å². The summed E-state index contributed by atoms with van der Waals surface area (Å²) < 4.78 is 49.1. The molecule has 3 saturated heterocycles. The normalized spacial score (nSPS) is 39.3. The Labute approximate surface area is 244 Å². The molecule has 0 spiro atoms. The van der Waals surface area contributed by atoms with Gasteiger partial charge in [-0.1, -0.05) is 0 Å². The van der Waals surface area contributed by atoms with Crippen molar-refractivity contribution >= 4 is 54.6 Å². The molecule has 6 N–H and O–H groups in total. The zero-order valence-corrected chi connectivity index (χ0v) is 24.3. The van der Waals surface area contributed by atoms with Crippen LogP contribution in [0.4, 0.5) is 5.82 Å². The molecule has 0 aliphatic carbocycles. The number of aliphatic hydroxyl groups is 2. The van der Waals surface area contributed by atoms with Gasteiger partial charge in [0.25, 0.3) is 5.56 Å². The molecule has 4 bridgehead atoms. The molecule has 23 heteroatoms. The highest BCUT2D eigenvalue weighted by Gasteiger charge is 2.51. The third-order valence-corrected chi connectivity index (χ3v) is 9.82. The lowest BCUT2D eigenvalue weighted by molar-refractivity contribution is -0.0621. The first kappa shape index (κ1) is 29.9. The van der Waals surface area contributed by atoms with E-state index in [-0.39, 0.29) is 17.0 Å². The van der Waals surface area contributed by atoms with Crippen molar-refractivity contribution in [1.82, 2.24) is 29.1 Å². The maximum Gasteiger partial charge on any atom is 0.330 e. The zero-order valence-electron chi connectivity index (χ0n) is 20.9. The van der Waals surface area contributed by atoms with Gasteiger partial charge in [-0.15, -0.1) is 0 Å². The summed E-state index contributed by atoms with van der Waals surface area (Å²) in [5.74, 6) is 0.0730. The van der Waals surface area contributed by atoms with E-state index in [4.69, 9.17) is 57.4 Å². The van der Waals surface area contributed by atoms with Gasteiger partial charge >= 0.3 is 12.4 Å². The monoisotopic (exact) mass is 666 g/mol. The van der Waals surface area contributed by atoms with E-state index in [1.807, 2.05) is 4.98 Å². The van der Waals surface area contributed by atoms with Gasteiger partial charge in [0, 0.05) is 12.3 Å². The van der Waals surface area contributed by atoms with E-state index >= 15 is 0 Å². The van der Waals surface area contributed by atoms with Crippen LogP contribution >= 0.6 is 13.5 Å². The highest BCUT2D eigenvalue weighted by Crippen LogP contribution is 2.54. The fourth-order valence-electron chi connectivity index (χ4n) is 4.77. The topological polar surface area (TPSA) is 258 Å². The number of aromatic nitrogens is 6. The van der Waals surface area contributed by atoms with E-state index in [0.29, 0.717) is 0 Å². The fourth-order valence-corrected chi connectivity index (χ4v) is 7.58. The van der Waals surface area contributed by atoms with Crippen LogP contribution < -0.4 is 17.0 Å². The number of anilines is 1. The van der Waals surface area contributed by atoms with Crippen molar-refractivity contribution in [3.63, 3.8) is 0 Å². The molecule has 0 saturated carbocycles. The molecule has 6 rings (SSSR count). The summed E-state index contributed by atoms with van der Waals surface area (Å²) in [5.41, 5.74) is 4.67. The Kier molecular flexibility index (Phi) is 7.93. The molecule has 6 heterocycles. The molecule has 3 aromatic rings. The molecule has 0 radical (unpaired) electrons. The second-order valence-corrected chi connectivity index (χ2v) is 14.9. The first-order valence-electron chi connectivity index (χ1n) is 12.0. The van der Waals surface area contributed by atoms with Crippen molar-refractivity contribution in [1.29, 1.82) is 0 Å². The highest BCUT2D eigenvalue weighted by molar-refractivity contribution is 8.32. The number of hydrogen-bond acceptors (Lipinski definition) is 17. The number of nitrogens with two attached hydrogens (primary N) is 1. The van der Waals surface area contributed by atoms with Gasteiger partial charge < -0.3 is 56.1 Å². The maximum atomic E-state index is 13.2. The van der Waals surface area contributed by atoms with Crippen LogP contribution in [0.15, 0.2) is 34.5 Å².